The molecule has 3 rings (SSSR count). The van der Waals surface area contributed by atoms with E-state index in [0.29, 0.717) is 19.1 Å². The normalized spacial score (nSPS) is 18.1. The van der Waals surface area contributed by atoms with Gasteiger partial charge in [-0.2, -0.15) is 0 Å². The van der Waals surface area contributed by atoms with E-state index in [9.17, 15) is 9.59 Å². The average molecular weight is 386 g/mol. The van der Waals surface area contributed by atoms with Crippen LogP contribution in [0.1, 0.15) is 51.7 Å². The Morgan fingerprint density at radius 3 is 2.68 bits per heavy atom. The van der Waals surface area contributed by atoms with Gasteiger partial charge in [-0.3, -0.25) is 4.79 Å². The van der Waals surface area contributed by atoms with Crippen molar-refractivity contribution in [3.8, 4) is 5.75 Å². The fourth-order valence-electron chi connectivity index (χ4n) is 3.39. The van der Waals surface area contributed by atoms with Gasteiger partial charge in [0.1, 0.15) is 11.4 Å². The molecule has 1 heterocycles. The van der Waals surface area contributed by atoms with Gasteiger partial charge in [0.2, 0.25) is 5.91 Å². The highest BCUT2D eigenvalue weighted by Gasteiger charge is 2.42. The lowest BCUT2D eigenvalue weighted by molar-refractivity contribution is -0.118. The maximum Gasteiger partial charge on any atom is 0.407 e. The molecule has 6 heteroatoms. The first-order valence-electron chi connectivity index (χ1n) is 9.87. The Balaban J connectivity index is 1.57. The van der Waals surface area contributed by atoms with Gasteiger partial charge in [-0.25, -0.2) is 4.79 Å². The number of hydrogen-bond donors (Lipinski definition) is 2. The summed E-state index contributed by atoms with van der Waals surface area (Å²) in [6.07, 6.45) is 5.88. The Morgan fingerprint density at radius 2 is 2.00 bits per heavy atom. The Hall–Kier alpha value is -2.50. The second-order valence-corrected chi connectivity index (χ2v) is 8.84. The fraction of sp³-hybridized carbons (Fsp3) is 0.545. The molecule has 1 fully saturated rings. The first-order valence-corrected chi connectivity index (χ1v) is 9.87. The largest absolute Gasteiger partial charge is 0.493 e. The molecule has 0 aromatic heterocycles. The third kappa shape index (κ3) is 5.50. The smallest absolute Gasteiger partial charge is 0.407 e. The lowest BCUT2D eigenvalue weighted by Crippen LogP contribution is -2.55. The van der Waals surface area contributed by atoms with Crippen LogP contribution in [-0.2, 0) is 16.0 Å². The molecular formula is C22H30N2O4. The van der Waals surface area contributed by atoms with Crippen LogP contribution in [0.5, 0.6) is 5.75 Å². The number of carbonyl (C=O) groups excluding carboxylic acids is 2. The van der Waals surface area contributed by atoms with Crippen LogP contribution in [0.25, 0.3) is 6.08 Å². The second-order valence-electron chi connectivity index (χ2n) is 8.84. The molecule has 0 bridgehead atoms. The van der Waals surface area contributed by atoms with Gasteiger partial charge in [0.15, 0.2) is 0 Å². The fourth-order valence-corrected chi connectivity index (χ4v) is 3.39. The van der Waals surface area contributed by atoms with Crippen molar-refractivity contribution in [1.29, 1.82) is 0 Å². The van der Waals surface area contributed by atoms with Crippen LogP contribution in [-0.4, -0.2) is 36.3 Å². The van der Waals surface area contributed by atoms with Crippen molar-refractivity contribution in [2.75, 3.05) is 13.2 Å². The second kappa shape index (κ2) is 7.86. The molecule has 0 radical (unpaired) electrons. The number of alkyl carbamates (subject to hydrolysis) is 1. The number of nitrogens with one attached hydrogen (secondary N) is 2. The molecule has 1 aliphatic carbocycles. The lowest BCUT2D eigenvalue weighted by atomic mass is 9.95. The van der Waals surface area contributed by atoms with E-state index in [-0.39, 0.29) is 5.91 Å². The summed E-state index contributed by atoms with van der Waals surface area (Å²) < 4.78 is 10.8. The zero-order chi connectivity index (χ0) is 20.4. The topological polar surface area (TPSA) is 76.7 Å². The summed E-state index contributed by atoms with van der Waals surface area (Å²) in [7, 11) is 0. The van der Waals surface area contributed by atoms with E-state index in [1.165, 1.54) is 5.56 Å². The summed E-state index contributed by atoms with van der Waals surface area (Å²) in [4.78, 5) is 24.5. The number of ether oxygens (including phenoxy) is 2. The van der Waals surface area contributed by atoms with Gasteiger partial charge < -0.3 is 20.1 Å². The molecule has 1 aromatic carbocycles. The van der Waals surface area contributed by atoms with Gasteiger partial charge in [-0.15, -0.1) is 0 Å². The van der Waals surface area contributed by atoms with E-state index < -0.39 is 17.2 Å². The maximum atomic E-state index is 12.5. The number of hydrogen-bond acceptors (Lipinski definition) is 4. The average Bonchev–Trinajstić information content (AvgIpc) is 3.36. The molecule has 28 heavy (non-hydrogen) atoms. The number of benzene rings is 1. The number of amides is 2. The Labute approximate surface area is 166 Å². The summed E-state index contributed by atoms with van der Waals surface area (Å²) in [5.74, 6) is 1.12. The number of carbonyl (C=O) groups is 2. The summed E-state index contributed by atoms with van der Waals surface area (Å²) in [5.41, 5.74) is 1.10. The zero-order valence-electron chi connectivity index (χ0n) is 17.1. The molecule has 1 atom stereocenters. The molecule has 1 aliphatic heterocycles. The molecule has 152 valence electrons. The Kier molecular flexibility index (Phi) is 5.68. The Morgan fingerprint density at radius 1 is 1.25 bits per heavy atom. The SMILES string of the molecule is CC(C)(C)OC(=O)NCC(C)(NC(=O)C=Cc1ccc2c(c1)CCO2)C1CC1. The van der Waals surface area contributed by atoms with E-state index in [1.807, 2.05) is 45.9 Å². The first kappa shape index (κ1) is 20.2. The van der Waals surface area contributed by atoms with Crippen molar-refractivity contribution in [1.82, 2.24) is 10.6 Å². The van der Waals surface area contributed by atoms with Gasteiger partial charge in [0.05, 0.1) is 12.1 Å². The van der Waals surface area contributed by atoms with Crippen molar-refractivity contribution in [3.63, 3.8) is 0 Å². The van der Waals surface area contributed by atoms with Crippen LogP contribution in [0.4, 0.5) is 4.79 Å². The molecule has 1 saturated carbocycles. The van der Waals surface area contributed by atoms with E-state index >= 15 is 0 Å². The van der Waals surface area contributed by atoms with Gasteiger partial charge >= 0.3 is 6.09 Å². The molecule has 1 unspecified atom stereocenters. The Bertz CT molecular complexity index is 777. The highest BCUT2D eigenvalue weighted by Crippen LogP contribution is 2.39. The molecule has 2 aliphatic rings. The van der Waals surface area contributed by atoms with E-state index in [2.05, 4.69) is 16.7 Å². The molecule has 0 saturated heterocycles. The quantitative estimate of drug-likeness (QED) is 0.734. The third-order valence-electron chi connectivity index (χ3n) is 5.03. The molecule has 1 aromatic rings. The minimum absolute atomic E-state index is 0.169. The first-order chi connectivity index (χ1) is 13.1. The lowest BCUT2D eigenvalue weighted by Gasteiger charge is -2.31. The van der Waals surface area contributed by atoms with Crippen LogP contribution in [0.15, 0.2) is 24.3 Å². The van der Waals surface area contributed by atoms with Crippen molar-refractivity contribution in [3.05, 3.63) is 35.4 Å². The molecule has 0 spiro atoms. The zero-order valence-corrected chi connectivity index (χ0v) is 17.1. The van der Waals surface area contributed by atoms with Gasteiger partial charge in [-0.1, -0.05) is 6.07 Å². The highest BCUT2D eigenvalue weighted by molar-refractivity contribution is 5.92. The summed E-state index contributed by atoms with van der Waals surface area (Å²) in [5, 5.41) is 5.87. The summed E-state index contributed by atoms with van der Waals surface area (Å²) >= 11 is 0. The van der Waals surface area contributed by atoms with Crippen LogP contribution >= 0.6 is 0 Å². The summed E-state index contributed by atoms with van der Waals surface area (Å²) in [6, 6.07) is 5.94. The third-order valence-corrected chi connectivity index (χ3v) is 5.03. The van der Waals surface area contributed by atoms with Crippen LogP contribution in [0.2, 0.25) is 0 Å². The number of fused-ring (bicyclic) bond motifs is 1. The summed E-state index contributed by atoms with van der Waals surface area (Å²) in [6.45, 7) is 8.50. The maximum absolute atomic E-state index is 12.5. The monoisotopic (exact) mass is 386 g/mol. The van der Waals surface area contributed by atoms with Gasteiger partial charge in [0, 0.05) is 19.0 Å². The van der Waals surface area contributed by atoms with Crippen LogP contribution in [0.3, 0.4) is 0 Å². The van der Waals surface area contributed by atoms with Crippen LogP contribution < -0.4 is 15.4 Å². The number of rotatable bonds is 6. The molecule has 6 nitrogen and oxygen atoms in total. The van der Waals surface area contributed by atoms with E-state index in [0.717, 1.165) is 30.6 Å². The van der Waals surface area contributed by atoms with Gasteiger partial charge in [0.25, 0.3) is 0 Å². The van der Waals surface area contributed by atoms with Crippen LogP contribution in [0, 0.1) is 5.92 Å². The molecule has 2 N–H and O–H groups in total. The van der Waals surface area contributed by atoms with Crippen molar-refractivity contribution in [2.24, 2.45) is 5.92 Å². The van der Waals surface area contributed by atoms with Crippen molar-refractivity contribution < 1.29 is 19.1 Å². The predicted octanol–water partition coefficient (Wildman–Crippen LogP) is 3.44. The van der Waals surface area contributed by atoms with Crippen molar-refractivity contribution >= 4 is 18.1 Å². The van der Waals surface area contributed by atoms with Crippen molar-refractivity contribution in [2.45, 2.75) is 58.1 Å². The molecular weight excluding hydrogens is 356 g/mol. The highest BCUT2D eigenvalue weighted by atomic mass is 16.6. The van der Waals surface area contributed by atoms with E-state index in [4.69, 9.17) is 9.47 Å². The standard InChI is InChI=1S/C22H30N2O4/c1-21(2,3)28-20(26)23-14-22(4,17-7-8-17)24-19(25)10-6-15-5-9-18-16(13-15)11-12-27-18/h5-6,9-10,13,17H,7-8,11-12,14H2,1-4H3,(H,23,26)(H,24,25). The minimum Gasteiger partial charge on any atom is -0.493 e. The minimum atomic E-state index is -0.549. The van der Waals surface area contributed by atoms with Gasteiger partial charge in [-0.05, 0) is 75.8 Å². The van der Waals surface area contributed by atoms with E-state index in [1.54, 1.807) is 6.08 Å². The predicted molar refractivity (Wildman–Crippen MR) is 108 cm³/mol. The molecule has 2 amide bonds.